The molecule has 3 aromatic rings. The number of carbonyl (C=O) groups is 1. The van der Waals surface area contributed by atoms with Crippen molar-refractivity contribution in [1.82, 2.24) is 5.32 Å². The first-order valence-electron chi connectivity index (χ1n) is 9.17. The fraction of sp³-hybridized carbons (Fsp3) is 0.261. The van der Waals surface area contributed by atoms with Gasteiger partial charge in [0.05, 0.1) is 6.54 Å². The molecule has 3 rings (SSSR count). The van der Waals surface area contributed by atoms with Crippen LogP contribution in [0.5, 0.6) is 11.5 Å². The number of rotatable bonds is 7. The van der Waals surface area contributed by atoms with Crippen molar-refractivity contribution in [1.29, 1.82) is 0 Å². The summed E-state index contributed by atoms with van der Waals surface area (Å²) in [5.74, 6) is 1.40. The van der Waals surface area contributed by atoms with Crippen LogP contribution < -0.4 is 14.8 Å². The molecule has 140 valence electrons. The molecule has 0 saturated heterocycles. The van der Waals surface area contributed by atoms with Crippen LogP contribution in [-0.2, 0) is 4.79 Å². The summed E-state index contributed by atoms with van der Waals surface area (Å²) < 4.78 is 11.7. The van der Waals surface area contributed by atoms with Gasteiger partial charge in [0.1, 0.15) is 18.1 Å². The van der Waals surface area contributed by atoms with E-state index in [-0.39, 0.29) is 5.91 Å². The van der Waals surface area contributed by atoms with Gasteiger partial charge in [-0.05, 0) is 49.4 Å². The fourth-order valence-electron chi connectivity index (χ4n) is 2.88. The van der Waals surface area contributed by atoms with Crippen molar-refractivity contribution in [3.63, 3.8) is 0 Å². The van der Waals surface area contributed by atoms with Gasteiger partial charge in [-0.1, -0.05) is 48.5 Å². The molecule has 0 fully saturated rings. The highest BCUT2D eigenvalue weighted by Crippen LogP contribution is 2.26. The van der Waals surface area contributed by atoms with Gasteiger partial charge in [0.2, 0.25) is 0 Å². The summed E-state index contributed by atoms with van der Waals surface area (Å²) in [6.07, 6.45) is -0.587. The molecule has 0 radical (unpaired) electrons. The van der Waals surface area contributed by atoms with E-state index in [1.807, 2.05) is 68.4 Å². The molecule has 0 aromatic heterocycles. The number of aryl methyl sites for hydroxylation is 2. The lowest BCUT2D eigenvalue weighted by atomic mass is 10.1. The normalized spacial score (nSPS) is 11.8. The SMILES string of the molecule is Cc1ccc(C)c(OCCNC(=O)[C@@H](C)Oc2cccc3ccccc23)c1. The van der Waals surface area contributed by atoms with Crippen molar-refractivity contribution in [2.24, 2.45) is 0 Å². The highest BCUT2D eigenvalue weighted by molar-refractivity contribution is 5.89. The quantitative estimate of drug-likeness (QED) is 0.632. The van der Waals surface area contributed by atoms with E-state index in [9.17, 15) is 4.79 Å². The Labute approximate surface area is 160 Å². The average molecular weight is 363 g/mol. The first-order valence-corrected chi connectivity index (χ1v) is 9.17. The third-order valence-electron chi connectivity index (χ3n) is 4.43. The molecule has 0 spiro atoms. The van der Waals surface area contributed by atoms with E-state index in [2.05, 4.69) is 11.4 Å². The third-order valence-corrected chi connectivity index (χ3v) is 4.43. The highest BCUT2D eigenvalue weighted by atomic mass is 16.5. The standard InChI is InChI=1S/C23H25NO3/c1-16-11-12-17(2)22(15-16)26-14-13-24-23(25)18(3)27-21-10-6-8-19-7-4-5-9-20(19)21/h4-12,15,18H,13-14H2,1-3H3,(H,24,25)/t18-/m1/s1. The number of benzene rings is 3. The summed E-state index contributed by atoms with van der Waals surface area (Å²) in [6, 6.07) is 19.9. The fourth-order valence-corrected chi connectivity index (χ4v) is 2.88. The molecule has 1 amide bonds. The van der Waals surface area contributed by atoms with Gasteiger partial charge >= 0.3 is 0 Å². The van der Waals surface area contributed by atoms with Gasteiger partial charge in [0, 0.05) is 5.39 Å². The van der Waals surface area contributed by atoms with Crippen molar-refractivity contribution in [2.45, 2.75) is 26.9 Å². The molecule has 0 aliphatic carbocycles. The predicted octanol–water partition coefficient (Wildman–Crippen LogP) is 4.42. The average Bonchev–Trinajstić information content (AvgIpc) is 2.68. The van der Waals surface area contributed by atoms with E-state index in [1.54, 1.807) is 6.92 Å². The minimum absolute atomic E-state index is 0.160. The Morgan fingerprint density at radius 1 is 1.00 bits per heavy atom. The molecule has 1 N–H and O–H groups in total. The van der Waals surface area contributed by atoms with E-state index in [1.165, 1.54) is 0 Å². The van der Waals surface area contributed by atoms with Crippen LogP contribution in [0.3, 0.4) is 0 Å². The second kappa shape index (κ2) is 8.58. The second-order valence-electron chi connectivity index (χ2n) is 6.65. The van der Waals surface area contributed by atoms with Gasteiger partial charge in [-0.15, -0.1) is 0 Å². The maximum absolute atomic E-state index is 12.3. The molecule has 4 heteroatoms. The van der Waals surface area contributed by atoms with Crippen LogP contribution in [0.25, 0.3) is 10.8 Å². The first kappa shape index (κ1) is 18.8. The second-order valence-corrected chi connectivity index (χ2v) is 6.65. The zero-order valence-corrected chi connectivity index (χ0v) is 16.0. The van der Waals surface area contributed by atoms with Crippen molar-refractivity contribution in [3.05, 3.63) is 71.8 Å². The Morgan fingerprint density at radius 3 is 2.63 bits per heavy atom. The van der Waals surface area contributed by atoms with E-state index in [0.29, 0.717) is 18.9 Å². The van der Waals surface area contributed by atoms with Crippen LogP contribution >= 0.6 is 0 Å². The van der Waals surface area contributed by atoms with Gasteiger partial charge in [-0.3, -0.25) is 4.79 Å². The number of hydrogen-bond acceptors (Lipinski definition) is 3. The van der Waals surface area contributed by atoms with E-state index >= 15 is 0 Å². The summed E-state index contributed by atoms with van der Waals surface area (Å²) in [6.45, 7) is 6.63. The van der Waals surface area contributed by atoms with Crippen molar-refractivity contribution >= 4 is 16.7 Å². The lowest BCUT2D eigenvalue weighted by Gasteiger charge is -2.16. The van der Waals surface area contributed by atoms with Gasteiger partial charge in [0.25, 0.3) is 5.91 Å². The molecule has 4 nitrogen and oxygen atoms in total. The largest absolute Gasteiger partial charge is 0.491 e. The molecule has 0 heterocycles. The molecular weight excluding hydrogens is 338 g/mol. The van der Waals surface area contributed by atoms with E-state index in [4.69, 9.17) is 9.47 Å². The number of hydrogen-bond donors (Lipinski definition) is 1. The molecule has 0 bridgehead atoms. The van der Waals surface area contributed by atoms with Crippen LogP contribution in [0.2, 0.25) is 0 Å². The van der Waals surface area contributed by atoms with E-state index < -0.39 is 6.10 Å². The lowest BCUT2D eigenvalue weighted by molar-refractivity contribution is -0.127. The lowest BCUT2D eigenvalue weighted by Crippen LogP contribution is -2.38. The molecule has 0 aliphatic heterocycles. The summed E-state index contributed by atoms with van der Waals surface area (Å²) >= 11 is 0. The molecule has 27 heavy (non-hydrogen) atoms. The Balaban J connectivity index is 1.51. The van der Waals surface area contributed by atoms with Crippen molar-refractivity contribution < 1.29 is 14.3 Å². The van der Waals surface area contributed by atoms with Crippen LogP contribution in [0.1, 0.15) is 18.1 Å². The molecule has 1 atom stereocenters. The number of fused-ring (bicyclic) bond motifs is 1. The molecule has 0 unspecified atom stereocenters. The smallest absolute Gasteiger partial charge is 0.260 e. The Morgan fingerprint density at radius 2 is 1.78 bits per heavy atom. The third kappa shape index (κ3) is 4.79. The van der Waals surface area contributed by atoms with Gasteiger partial charge < -0.3 is 14.8 Å². The minimum atomic E-state index is -0.587. The Hall–Kier alpha value is -3.01. The van der Waals surface area contributed by atoms with E-state index in [0.717, 1.165) is 27.6 Å². The maximum atomic E-state index is 12.3. The van der Waals surface area contributed by atoms with Crippen molar-refractivity contribution in [3.8, 4) is 11.5 Å². The monoisotopic (exact) mass is 363 g/mol. The van der Waals surface area contributed by atoms with Crippen LogP contribution in [0.15, 0.2) is 60.7 Å². The minimum Gasteiger partial charge on any atom is -0.491 e. The summed E-state index contributed by atoms with van der Waals surface area (Å²) in [5.41, 5.74) is 2.23. The van der Waals surface area contributed by atoms with Crippen LogP contribution in [0, 0.1) is 13.8 Å². The molecule has 0 saturated carbocycles. The molecular formula is C23H25NO3. The number of carbonyl (C=O) groups excluding carboxylic acids is 1. The topological polar surface area (TPSA) is 47.6 Å². The summed E-state index contributed by atoms with van der Waals surface area (Å²) in [4.78, 5) is 12.3. The summed E-state index contributed by atoms with van der Waals surface area (Å²) in [5, 5.41) is 4.95. The van der Waals surface area contributed by atoms with Crippen molar-refractivity contribution in [2.75, 3.05) is 13.2 Å². The van der Waals surface area contributed by atoms with Gasteiger partial charge in [-0.25, -0.2) is 0 Å². The van der Waals surface area contributed by atoms with Gasteiger partial charge in [-0.2, -0.15) is 0 Å². The highest BCUT2D eigenvalue weighted by Gasteiger charge is 2.15. The first-order chi connectivity index (χ1) is 13.0. The van der Waals surface area contributed by atoms with Crippen LogP contribution in [-0.4, -0.2) is 25.2 Å². The number of nitrogens with one attached hydrogen (secondary N) is 1. The summed E-state index contributed by atoms with van der Waals surface area (Å²) in [7, 11) is 0. The number of ether oxygens (including phenoxy) is 2. The number of amides is 1. The zero-order chi connectivity index (χ0) is 19.2. The Bertz CT molecular complexity index is 931. The van der Waals surface area contributed by atoms with Gasteiger partial charge in [0.15, 0.2) is 6.10 Å². The zero-order valence-electron chi connectivity index (χ0n) is 16.0. The Kier molecular flexibility index (Phi) is 5.97. The molecule has 0 aliphatic rings. The van der Waals surface area contributed by atoms with Crippen LogP contribution in [0.4, 0.5) is 0 Å². The maximum Gasteiger partial charge on any atom is 0.260 e. The predicted molar refractivity (Wildman–Crippen MR) is 108 cm³/mol. The molecule has 3 aromatic carbocycles.